The highest BCUT2D eigenvalue weighted by molar-refractivity contribution is 5.92. The fourth-order valence-corrected chi connectivity index (χ4v) is 4.68. The van der Waals surface area contributed by atoms with Gasteiger partial charge in [0.25, 0.3) is 11.8 Å². The van der Waals surface area contributed by atoms with Crippen LogP contribution in [0.4, 0.5) is 0 Å². The van der Waals surface area contributed by atoms with Crippen LogP contribution in [-0.2, 0) is 28.2 Å². The summed E-state index contributed by atoms with van der Waals surface area (Å²) in [4.78, 5) is 36.4. The van der Waals surface area contributed by atoms with E-state index < -0.39 is 11.7 Å². The second-order valence-corrected chi connectivity index (χ2v) is 8.58. The molecule has 1 aromatic carbocycles. The number of methoxy groups -OCH3 is 1. The van der Waals surface area contributed by atoms with Crippen LogP contribution in [0.2, 0.25) is 0 Å². The second kappa shape index (κ2) is 9.26. The van der Waals surface area contributed by atoms with Gasteiger partial charge in [-0.05, 0) is 29.8 Å². The zero-order valence-corrected chi connectivity index (χ0v) is 19.0. The van der Waals surface area contributed by atoms with Crippen molar-refractivity contribution < 1.29 is 19.1 Å². The number of ether oxygens (including phenoxy) is 2. The van der Waals surface area contributed by atoms with E-state index in [0.717, 1.165) is 17.1 Å². The Morgan fingerprint density at radius 1 is 1.15 bits per heavy atom. The Hall–Kier alpha value is -3.72. The lowest BCUT2D eigenvalue weighted by molar-refractivity contribution is -0.172. The first-order valence-corrected chi connectivity index (χ1v) is 11.4. The Labute approximate surface area is 197 Å². The molecule has 0 radical (unpaired) electrons. The van der Waals surface area contributed by atoms with E-state index in [9.17, 15) is 9.59 Å². The third kappa shape index (κ3) is 4.26. The van der Waals surface area contributed by atoms with Crippen molar-refractivity contribution in [2.45, 2.75) is 37.6 Å². The Bertz CT molecular complexity index is 1170. The first-order chi connectivity index (χ1) is 16.6. The summed E-state index contributed by atoms with van der Waals surface area (Å²) in [6.07, 6.45) is 5.71. The standard InChI is InChI=1S/C25H27N5O4/c1-33-19-6-4-5-18(15-19)16-28-22(31)21-17-30-14-11-27-24(30)25(34-21)8-12-29(13-9-25)23(32)20-7-2-3-10-26-20/h2-7,10-11,14-15,21H,8-9,12-13,16-17H2,1H3,(H,28,31). The summed E-state index contributed by atoms with van der Waals surface area (Å²) in [5, 5.41) is 2.99. The number of nitrogens with one attached hydrogen (secondary N) is 1. The van der Waals surface area contributed by atoms with Gasteiger partial charge in [-0.25, -0.2) is 4.98 Å². The van der Waals surface area contributed by atoms with Gasteiger partial charge in [0.1, 0.15) is 22.9 Å². The number of hydrogen-bond acceptors (Lipinski definition) is 6. The number of imidazole rings is 1. The van der Waals surface area contributed by atoms with Crippen molar-refractivity contribution in [3.05, 3.63) is 78.1 Å². The monoisotopic (exact) mass is 461 g/mol. The number of fused-ring (bicyclic) bond motifs is 2. The lowest BCUT2D eigenvalue weighted by atomic mass is 9.88. The predicted molar refractivity (Wildman–Crippen MR) is 123 cm³/mol. The molecule has 2 aliphatic rings. The van der Waals surface area contributed by atoms with Crippen LogP contribution >= 0.6 is 0 Å². The molecule has 1 N–H and O–H groups in total. The normalized spacial score (nSPS) is 18.9. The highest BCUT2D eigenvalue weighted by Crippen LogP contribution is 2.40. The molecule has 9 nitrogen and oxygen atoms in total. The number of carbonyl (C=O) groups is 2. The van der Waals surface area contributed by atoms with Gasteiger partial charge in [0.2, 0.25) is 0 Å². The Morgan fingerprint density at radius 3 is 2.76 bits per heavy atom. The van der Waals surface area contributed by atoms with E-state index in [0.29, 0.717) is 44.7 Å². The summed E-state index contributed by atoms with van der Waals surface area (Å²) in [6, 6.07) is 12.9. The largest absolute Gasteiger partial charge is 0.497 e. The van der Waals surface area contributed by atoms with Crippen LogP contribution in [0.1, 0.15) is 34.7 Å². The number of rotatable bonds is 5. The summed E-state index contributed by atoms with van der Waals surface area (Å²) in [7, 11) is 1.62. The van der Waals surface area contributed by atoms with Gasteiger partial charge in [-0.3, -0.25) is 14.6 Å². The molecule has 1 unspecified atom stereocenters. The number of benzene rings is 1. The smallest absolute Gasteiger partial charge is 0.272 e. The van der Waals surface area contributed by atoms with E-state index in [1.165, 1.54) is 0 Å². The van der Waals surface area contributed by atoms with Crippen molar-refractivity contribution in [2.75, 3.05) is 20.2 Å². The molecule has 3 aromatic rings. The van der Waals surface area contributed by atoms with Gasteiger partial charge >= 0.3 is 0 Å². The third-order valence-electron chi connectivity index (χ3n) is 6.49. The van der Waals surface area contributed by atoms with Crippen LogP contribution in [0, 0.1) is 0 Å². The van der Waals surface area contributed by atoms with Gasteiger partial charge in [0.05, 0.1) is 13.7 Å². The van der Waals surface area contributed by atoms with Gasteiger partial charge in [0, 0.05) is 51.1 Å². The van der Waals surface area contributed by atoms with Crippen LogP contribution in [0.5, 0.6) is 5.75 Å². The van der Waals surface area contributed by atoms with Crippen LogP contribution < -0.4 is 10.1 Å². The van der Waals surface area contributed by atoms with E-state index in [2.05, 4.69) is 15.3 Å². The summed E-state index contributed by atoms with van der Waals surface area (Å²) >= 11 is 0. The molecule has 5 rings (SSSR count). The van der Waals surface area contributed by atoms with E-state index in [4.69, 9.17) is 9.47 Å². The van der Waals surface area contributed by atoms with Crippen LogP contribution in [0.3, 0.4) is 0 Å². The summed E-state index contributed by atoms with van der Waals surface area (Å²) < 4.78 is 13.7. The SMILES string of the molecule is COc1cccc(CNC(=O)C2Cn3ccnc3C3(CCN(C(=O)c4ccccn4)CC3)O2)c1. The van der Waals surface area contributed by atoms with Gasteiger partial charge in [0.15, 0.2) is 6.10 Å². The Balaban J connectivity index is 1.27. The van der Waals surface area contributed by atoms with Crippen molar-refractivity contribution in [3.63, 3.8) is 0 Å². The molecule has 0 aliphatic carbocycles. The molecule has 34 heavy (non-hydrogen) atoms. The molecular formula is C25H27N5O4. The van der Waals surface area contributed by atoms with E-state index in [1.54, 1.807) is 36.5 Å². The zero-order chi connectivity index (χ0) is 23.5. The average Bonchev–Trinajstić information content (AvgIpc) is 3.38. The molecule has 0 bridgehead atoms. The number of pyridine rings is 1. The second-order valence-electron chi connectivity index (χ2n) is 8.58. The number of likely N-dealkylation sites (tertiary alicyclic amines) is 1. The Morgan fingerprint density at radius 2 is 2.00 bits per heavy atom. The first kappa shape index (κ1) is 22.1. The molecule has 1 fully saturated rings. The van der Waals surface area contributed by atoms with Crippen LogP contribution in [-0.4, -0.2) is 57.6 Å². The lowest BCUT2D eigenvalue weighted by Gasteiger charge is -2.45. The molecule has 0 saturated carbocycles. The lowest BCUT2D eigenvalue weighted by Crippen LogP contribution is -2.54. The van der Waals surface area contributed by atoms with Crippen LogP contribution in [0.15, 0.2) is 61.1 Å². The number of aromatic nitrogens is 3. The van der Waals surface area contributed by atoms with Crippen molar-refractivity contribution in [3.8, 4) is 5.75 Å². The minimum Gasteiger partial charge on any atom is -0.497 e. The fraction of sp³-hybridized carbons (Fsp3) is 0.360. The zero-order valence-electron chi connectivity index (χ0n) is 19.0. The van der Waals surface area contributed by atoms with Crippen LogP contribution in [0.25, 0.3) is 0 Å². The van der Waals surface area contributed by atoms with E-state index in [-0.39, 0.29) is 11.8 Å². The summed E-state index contributed by atoms with van der Waals surface area (Å²) in [6.45, 7) is 1.78. The maximum absolute atomic E-state index is 13.1. The number of nitrogens with zero attached hydrogens (tertiary/aromatic N) is 4. The summed E-state index contributed by atoms with van der Waals surface area (Å²) in [5.41, 5.74) is 0.669. The van der Waals surface area contributed by atoms with Crippen molar-refractivity contribution in [1.82, 2.24) is 24.8 Å². The van der Waals surface area contributed by atoms with Gasteiger partial charge in [-0.1, -0.05) is 18.2 Å². The minimum atomic E-state index is -0.708. The third-order valence-corrected chi connectivity index (χ3v) is 6.49. The van der Waals surface area contributed by atoms with E-state index >= 15 is 0 Å². The quantitative estimate of drug-likeness (QED) is 0.625. The molecule has 4 heterocycles. The Kier molecular flexibility index (Phi) is 6.02. The molecule has 2 aliphatic heterocycles. The molecule has 2 aromatic heterocycles. The average molecular weight is 462 g/mol. The summed E-state index contributed by atoms with van der Waals surface area (Å²) in [5.74, 6) is 1.29. The highest BCUT2D eigenvalue weighted by Gasteiger charge is 2.47. The number of hydrogen-bond donors (Lipinski definition) is 1. The van der Waals surface area contributed by atoms with Gasteiger partial charge < -0.3 is 24.3 Å². The highest BCUT2D eigenvalue weighted by atomic mass is 16.5. The molecule has 1 atom stereocenters. The van der Waals surface area contributed by atoms with Gasteiger partial charge in [-0.2, -0.15) is 0 Å². The first-order valence-electron chi connectivity index (χ1n) is 11.4. The molecule has 2 amide bonds. The topological polar surface area (TPSA) is 98.6 Å². The van der Waals surface area contributed by atoms with Crippen molar-refractivity contribution >= 4 is 11.8 Å². The fourth-order valence-electron chi connectivity index (χ4n) is 4.68. The predicted octanol–water partition coefficient (Wildman–Crippen LogP) is 2.13. The maximum atomic E-state index is 13.1. The van der Waals surface area contributed by atoms with Crippen molar-refractivity contribution in [1.29, 1.82) is 0 Å². The molecule has 9 heteroatoms. The minimum absolute atomic E-state index is 0.0952. The van der Waals surface area contributed by atoms with E-state index in [1.807, 2.05) is 41.1 Å². The number of amides is 2. The maximum Gasteiger partial charge on any atom is 0.272 e. The van der Waals surface area contributed by atoms with Gasteiger partial charge in [-0.15, -0.1) is 0 Å². The molecule has 1 saturated heterocycles. The van der Waals surface area contributed by atoms with Crippen molar-refractivity contribution in [2.24, 2.45) is 0 Å². The molecule has 1 spiro atoms. The number of piperidine rings is 1. The number of carbonyl (C=O) groups excluding carboxylic acids is 2. The molecule has 176 valence electrons. The molecular weight excluding hydrogens is 434 g/mol.